The first-order valence-corrected chi connectivity index (χ1v) is 7.67. The third-order valence-electron chi connectivity index (χ3n) is 4.09. The summed E-state index contributed by atoms with van der Waals surface area (Å²) >= 11 is 0. The summed E-state index contributed by atoms with van der Waals surface area (Å²) in [7, 11) is 1.77. The van der Waals surface area contributed by atoms with E-state index in [9.17, 15) is 0 Å². The van der Waals surface area contributed by atoms with Crippen LogP contribution in [0.2, 0.25) is 0 Å². The molecule has 2 rings (SSSR count). The molecule has 2 N–H and O–H groups in total. The first-order valence-electron chi connectivity index (χ1n) is 7.67. The minimum absolute atomic E-state index is 0.281. The van der Waals surface area contributed by atoms with Crippen molar-refractivity contribution in [2.24, 2.45) is 5.41 Å². The van der Waals surface area contributed by atoms with E-state index in [-0.39, 0.29) is 5.41 Å². The van der Waals surface area contributed by atoms with Crippen LogP contribution in [0, 0.1) is 5.41 Å². The summed E-state index contributed by atoms with van der Waals surface area (Å²) in [6, 6.07) is 6.60. The number of benzene rings is 1. The van der Waals surface area contributed by atoms with Gasteiger partial charge in [0.1, 0.15) is 0 Å². The maximum absolute atomic E-state index is 5.18. The van der Waals surface area contributed by atoms with E-state index in [4.69, 9.17) is 4.74 Å². The van der Waals surface area contributed by atoms with E-state index in [0.29, 0.717) is 0 Å². The molecule has 1 aromatic carbocycles. The molecule has 20 heavy (non-hydrogen) atoms. The van der Waals surface area contributed by atoms with Crippen molar-refractivity contribution in [2.45, 2.75) is 39.7 Å². The van der Waals surface area contributed by atoms with E-state index in [1.54, 1.807) is 7.11 Å². The average Bonchev–Trinajstić information content (AvgIpc) is 2.45. The second kappa shape index (κ2) is 7.09. The molecular formula is C17H28N2O. The van der Waals surface area contributed by atoms with Gasteiger partial charge in [0.2, 0.25) is 0 Å². The van der Waals surface area contributed by atoms with Gasteiger partial charge in [-0.25, -0.2) is 0 Å². The Labute approximate surface area is 123 Å². The van der Waals surface area contributed by atoms with E-state index in [1.807, 2.05) is 0 Å². The van der Waals surface area contributed by atoms with Crippen LogP contribution in [0.4, 0.5) is 5.69 Å². The number of fused-ring (bicyclic) bond motifs is 1. The number of methoxy groups -OCH3 is 1. The van der Waals surface area contributed by atoms with Crippen LogP contribution >= 0.6 is 0 Å². The maximum atomic E-state index is 5.18. The Bertz CT molecular complexity index is 429. The van der Waals surface area contributed by atoms with Gasteiger partial charge < -0.3 is 15.4 Å². The highest BCUT2D eigenvalue weighted by atomic mass is 16.5. The summed E-state index contributed by atoms with van der Waals surface area (Å²) < 4.78 is 5.18. The lowest BCUT2D eigenvalue weighted by molar-refractivity contribution is 0.150. The van der Waals surface area contributed by atoms with Gasteiger partial charge in [0, 0.05) is 39.0 Å². The molecule has 0 fully saturated rings. The highest BCUT2D eigenvalue weighted by Crippen LogP contribution is 2.25. The third kappa shape index (κ3) is 4.22. The lowest BCUT2D eigenvalue weighted by Gasteiger charge is -2.26. The molecule has 0 aromatic heterocycles. The molecule has 3 nitrogen and oxygen atoms in total. The second-order valence-electron chi connectivity index (χ2n) is 6.48. The molecule has 1 heterocycles. The first kappa shape index (κ1) is 15.3. The van der Waals surface area contributed by atoms with Gasteiger partial charge in [-0.1, -0.05) is 26.0 Å². The summed E-state index contributed by atoms with van der Waals surface area (Å²) in [5.74, 6) is 0. The zero-order chi connectivity index (χ0) is 14.4. The normalized spacial score (nSPS) is 14.8. The molecule has 1 aromatic rings. The van der Waals surface area contributed by atoms with Crippen LogP contribution in [-0.2, 0) is 17.7 Å². The molecule has 0 saturated carbocycles. The van der Waals surface area contributed by atoms with Crippen molar-refractivity contribution in [3.8, 4) is 0 Å². The van der Waals surface area contributed by atoms with Crippen molar-refractivity contribution in [1.29, 1.82) is 0 Å². The standard InChI is InChI=1S/C17H28N2O/c1-17(2,9-11-20-3)13-18-12-14-6-4-8-16-15(14)7-5-10-19-16/h4,6,8,18-19H,5,7,9-13H2,1-3H3. The van der Waals surface area contributed by atoms with Gasteiger partial charge >= 0.3 is 0 Å². The van der Waals surface area contributed by atoms with Crippen LogP contribution in [0.25, 0.3) is 0 Å². The van der Waals surface area contributed by atoms with Crippen LogP contribution in [0.5, 0.6) is 0 Å². The molecule has 3 heteroatoms. The minimum atomic E-state index is 0.281. The summed E-state index contributed by atoms with van der Waals surface area (Å²) in [4.78, 5) is 0. The van der Waals surface area contributed by atoms with Gasteiger partial charge in [0.05, 0.1) is 0 Å². The maximum Gasteiger partial charge on any atom is 0.0467 e. The summed E-state index contributed by atoms with van der Waals surface area (Å²) in [6.07, 6.45) is 3.53. The number of anilines is 1. The number of rotatable bonds is 7. The Morgan fingerprint density at radius 1 is 1.35 bits per heavy atom. The van der Waals surface area contributed by atoms with Gasteiger partial charge in [-0.05, 0) is 41.9 Å². The van der Waals surface area contributed by atoms with E-state index in [2.05, 4.69) is 42.7 Å². The van der Waals surface area contributed by atoms with Crippen LogP contribution in [-0.4, -0.2) is 26.8 Å². The van der Waals surface area contributed by atoms with E-state index in [0.717, 1.165) is 32.7 Å². The molecule has 1 aliphatic rings. The summed E-state index contributed by atoms with van der Waals surface area (Å²) in [5, 5.41) is 7.11. The third-order valence-corrected chi connectivity index (χ3v) is 4.09. The van der Waals surface area contributed by atoms with Crippen molar-refractivity contribution in [2.75, 3.05) is 32.1 Å². The van der Waals surface area contributed by atoms with Crippen LogP contribution < -0.4 is 10.6 Å². The highest BCUT2D eigenvalue weighted by Gasteiger charge is 2.17. The van der Waals surface area contributed by atoms with Gasteiger partial charge in [-0.2, -0.15) is 0 Å². The second-order valence-corrected chi connectivity index (χ2v) is 6.48. The predicted octanol–water partition coefficient (Wildman–Crippen LogP) is 3.20. The molecule has 0 aliphatic carbocycles. The monoisotopic (exact) mass is 276 g/mol. The van der Waals surface area contributed by atoms with Crippen LogP contribution in [0.1, 0.15) is 37.8 Å². The SMILES string of the molecule is COCCC(C)(C)CNCc1cccc2c1CCCN2. The van der Waals surface area contributed by atoms with Gasteiger partial charge in [-0.15, -0.1) is 0 Å². The fourth-order valence-electron chi connectivity index (χ4n) is 2.75. The molecule has 0 spiro atoms. The Morgan fingerprint density at radius 2 is 2.20 bits per heavy atom. The van der Waals surface area contributed by atoms with Crippen molar-refractivity contribution < 1.29 is 4.74 Å². The molecule has 0 saturated heterocycles. The van der Waals surface area contributed by atoms with Crippen LogP contribution in [0.3, 0.4) is 0 Å². The van der Waals surface area contributed by atoms with Gasteiger partial charge in [0.25, 0.3) is 0 Å². The number of nitrogens with one attached hydrogen (secondary N) is 2. The van der Waals surface area contributed by atoms with Gasteiger partial charge in [-0.3, -0.25) is 0 Å². The predicted molar refractivity (Wildman–Crippen MR) is 85.2 cm³/mol. The summed E-state index contributed by atoms with van der Waals surface area (Å²) in [6.45, 7) is 8.50. The quantitative estimate of drug-likeness (QED) is 0.802. The van der Waals surface area contributed by atoms with Crippen molar-refractivity contribution in [1.82, 2.24) is 5.32 Å². The Hall–Kier alpha value is -1.06. The van der Waals surface area contributed by atoms with E-state index in [1.165, 1.54) is 29.7 Å². The first-order chi connectivity index (χ1) is 9.62. The Morgan fingerprint density at radius 3 is 3.00 bits per heavy atom. The summed E-state index contributed by atoms with van der Waals surface area (Å²) in [5.41, 5.74) is 4.55. The fourth-order valence-corrected chi connectivity index (χ4v) is 2.75. The Kier molecular flexibility index (Phi) is 5.44. The highest BCUT2D eigenvalue weighted by molar-refractivity contribution is 5.56. The largest absolute Gasteiger partial charge is 0.385 e. The van der Waals surface area contributed by atoms with Crippen molar-refractivity contribution in [3.05, 3.63) is 29.3 Å². The average molecular weight is 276 g/mol. The van der Waals surface area contributed by atoms with E-state index < -0.39 is 0 Å². The van der Waals surface area contributed by atoms with E-state index >= 15 is 0 Å². The topological polar surface area (TPSA) is 33.3 Å². The van der Waals surface area contributed by atoms with Crippen LogP contribution in [0.15, 0.2) is 18.2 Å². The lowest BCUT2D eigenvalue weighted by Crippen LogP contribution is -2.30. The number of hydrogen-bond donors (Lipinski definition) is 2. The molecule has 112 valence electrons. The minimum Gasteiger partial charge on any atom is -0.385 e. The number of ether oxygens (including phenoxy) is 1. The molecule has 0 bridgehead atoms. The van der Waals surface area contributed by atoms with Crippen molar-refractivity contribution in [3.63, 3.8) is 0 Å². The Balaban J connectivity index is 1.88. The molecule has 0 radical (unpaired) electrons. The fraction of sp³-hybridized carbons (Fsp3) is 0.647. The zero-order valence-electron chi connectivity index (χ0n) is 13.1. The zero-order valence-corrected chi connectivity index (χ0v) is 13.1. The number of hydrogen-bond acceptors (Lipinski definition) is 3. The smallest absolute Gasteiger partial charge is 0.0467 e. The van der Waals surface area contributed by atoms with Gasteiger partial charge in [0.15, 0.2) is 0 Å². The lowest BCUT2D eigenvalue weighted by atomic mass is 9.89. The molecule has 0 amide bonds. The molecule has 1 aliphatic heterocycles. The van der Waals surface area contributed by atoms with Crippen molar-refractivity contribution >= 4 is 5.69 Å². The molecule has 0 atom stereocenters. The molecule has 0 unspecified atom stereocenters. The molecular weight excluding hydrogens is 248 g/mol.